The molecule has 0 heterocycles. The first-order chi connectivity index (χ1) is 7.32. The van der Waals surface area contributed by atoms with E-state index < -0.39 is 11.7 Å². The summed E-state index contributed by atoms with van der Waals surface area (Å²) in [5.41, 5.74) is -0.665. The van der Waals surface area contributed by atoms with Crippen LogP contribution in [0.5, 0.6) is 0 Å². The second-order valence-electron chi connectivity index (χ2n) is 3.13. The van der Waals surface area contributed by atoms with Gasteiger partial charge in [-0.2, -0.15) is 13.2 Å². The number of anilines is 1. The molecule has 2 nitrogen and oxygen atoms in total. The molecule has 1 amide bonds. The normalized spacial score (nSPS) is 11.3. The zero-order valence-corrected chi connectivity index (χ0v) is 9.95. The zero-order valence-electron chi connectivity index (χ0n) is 8.36. The van der Waals surface area contributed by atoms with Crippen LogP contribution in [0.1, 0.15) is 18.9 Å². The van der Waals surface area contributed by atoms with Crippen molar-refractivity contribution in [1.82, 2.24) is 0 Å². The van der Waals surface area contributed by atoms with Gasteiger partial charge in [0.1, 0.15) is 0 Å². The van der Waals surface area contributed by atoms with Crippen LogP contribution in [-0.2, 0) is 11.0 Å². The van der Waals surface area contributed by atoms with Gasteiger partial charge in [0.25, 0.3) is 0 Å². The predicted molar refractivity (Wildman–Crippen MR) is 58.1 cm³/mol. The monoisotopic (exact) mass is 295 g/mol. The lowest BCUT2D eigenvalue weighted by molar-refractivity contribution is -0.137. The minimum absolute atomic E-state index is 0.133. The summed E-state index contributed by atoms with van der Waals surface area (Å²) in [6, 6.07) is 3.28. The number of hydrogen-bond acceptors (Lipinski definition) is 1. The average molecular weight is 296 g/mol. The Morgan fingerprint density at radius 3 is 2.50 bits per heavy atom. The van der Waals surface area contributed by atoms with Gasteiger partial charge in [-0.1, -0.05) is 22.9 Å². The lowest BCUT2D eigenvalue weighted by Crippen LogP contribution is -2.11. The van der Waals surface area contributed by atoms with Crippen LogP contribution in [0.3, 0.4) is 0 Å². The summed E-state index contributed by atoms with van der Waals surface area (Å²) < 4.78 is 37.6. The molecule has 0 radical (unpaired) electrons. The van der Waals surface area contributed by atoms with Crippen molar-refractivity contribution in [2.75, 3.05) is 5.32 Å². The minimum Gasteiger partial charge on any atom is -0.326 e. The van der Waals surface area contributed by atoms with E-state index in [0.717, 1.165) is 12.1 Å². The highest BCUT2D eigenvalue weighted by atomic mass is 79.9. The van der Waals surface area contributed by atoms with E-state index in [1.54, 1.807) is 6.92 Å². The molecule has 0 aliphatic heterocycles. The summed E-state index contributed by atoms with van der Waals surface area (Å²) in [5.74, 6) is -0.328. The first kappa shape index (κ1) is 13.0. The Morgan fingerprint density at radius 2 is 2.00 bits per heavy atom. The second kappa shape index (κ2) is 4.86. The summed E-state index contributed by atoms with van der Waals surface area (Å²) in [4.78, 5) is 11.0. The van der Waals surface area contributed by atoms with Crippen LogP contribution in [-0.4, -0.2) is 5.91 Å². The third-order valence-electron chi connectivity index (χ3n) is 1.83. The molecule has 0 saturated carbocycles. The maximum atomic E-state index is 12.4. The number of nitrogens with one attached hydrogen (secondary N) is 1. The van der Waals surface area contributed by atoms with Crippen LogP contribution in [0.4, 0.5) is 18.9 Å². The zero-order chi connectivity index (χ0) is 12.3. The summed E-state index contributed by atoms with van der Waals surface area (Å²) in [6.07, 6.45) is -4.21. The molecule has 1 aromatic rings. The van der Waals surface area contributed by atoms with E-state index in [4.69, 9.17) is 0 Å². The Kier molecular flexibility index (Phi) is 3.96. The quantitative estimate of drug-likeness (QED) is 0.883. The molecule has 16 heavy (non-hydrogen) atoms. The molecule has 0 aromatic heterocycles. The number of carbonyl (C=O) groups excluding carboxylic acids is 1. The van der Waals surface area contributed by atoms with Gasteiger partial charge in [-0.3, -0.25) is 4.79 Å². The summed E-state index contributed by atoms with van der Waals surface area (Å²) in [6.45, 7) is 1.62. The van der Waals surface area contributed by atoms with Gasteiger partial charge in [-0.25, -0.2) is 0 Å². The van der Waals surface area contributed by atoms with Crippen molar-refractivity contribution >= 4 is 27.5 Å². The summed E-state index contributed by atoms with van der Waals surface area (Å²) in [5, 5.41) is 2.38. The minimum atomic E-state index is -4.42. The molecule has 0 spiro atoms. The molecule has 1 rings (SSSR count). The van der Waals surface area contributed by atoms with E-state index in [1.807, 2.05) is 0 Å². The van der Waals surface area contributed by atoms with Crippen LogP contribution >= 0.6 is 15.9 Å². The Morgan fingerprint density at radius 1 is 1.38 bits per heavy atom. The Balaban J connectivity index is 3.04. The lowest BCUT2D eigenvalue weighted by atomic mass is 10.2. The first-order valence-electron chi connectivity index (χ1n) is 4.50. The van der Waals surface area contributed by atoms with Gasteiger partial charge in [-0.15, -0.1) is 0 Å². The summed E-state index contributed by atoms with van der Waals surface area (Å²) >= 11 is 2.97. The third kappa shape index (κ3) is 3.52. The number of carbonyl (C=O) groups is 1. The molecule has 0 fully saturated rings. The highest BCUT2D eigenvalue weighted by molar-refractivity contribution is 9.10. The number of alkyl halides is 3. The smallest absolute Gasteiger partial charge is 0.326 e. The van der Waals surface area contributed by atoms with Gasteiger partial charge in [0, 0.05) is 16.6 Å². The standard InChI is InChI=1S/C10H9BrF3NO/c1-2-9(16)15-8-4-6(10(12,13)14)3-7(11)5-8/h3-5H,2H2,1H3,(H,15,16). The number of amides is 1. The molecule has 1 N–H and O–H groups in total. The van der Waals surface area contributed by atoms with Crippen LogP contribution in [0.2, 0.25) is 0 Å². The van der Waals surface area contributed by atoms with Crippen molar-refractivity contribution in [2.24, 2.45) is 0 Å². The maximum absolute atomic E-state index is 12.4. The SMILES string of the molecule is CCC(=O)Nc1cc(Br)cc(C(F)(F)F)c1. The van der Waals surface area contributed by atoms with Gasteiger partial charge < -0.3 is 5.32 Å². The third-order valence-corrected chi connectivity index (χ3v) is 2.29. The van der Waals surface area contributed by atoms with Crippen molar-refractivity contribution in [3.8, 4) is 0 Å². The lowest BCUT2D eigenvalue weighted by Gasteiger charge is -2.10. The second-order valence-corrected chi connectivity index (χ2v) is 4.04. The average Bonchev–Trinajstić information content (AvgIpc) is 2.15. The van der Waals surface area contributed by atoms with Crippen molar-refractivity contribution < 1.29 is 18.0 Å². The van der Waals surface area contributed by atoms with Crippen molar-refractivity contribution in [3.63, 3.8) is 0 Å². The van der Waals surface area contributed by atoms with Gasteiger partial charge in [0.15, 0.2) is 0 Å². The van der Waals surface area contributed by atoms with Crippen molar-refractivity contribution in [3.05, 3.63) is 28.2 Å². The molecular formula is C10H9BrF3NO. The Labute approximate surface area is 99.0 Å². The van der Waals surface area contributed by atoms with Gasteiger partial charge in [0.05, 0.1) is 5.56 Å². The maximum Gasteiger partial charge on any atom is 0.416 e. The van der Waals surface area contributed by atoms with E-state index in [9.17, 15) is 18.0 Å². The Bertz CT molecular complexity index is 404. The van der Waals surface area contributed by atoms with Crippen LogP contribution in [0, 0.1) is 0 Å². The molecule has 0 aliphatic rings. The van der Waals surface area contributed by atoms with E-state index in [1.165, 1.54) is 6.07 Å². The molecule has 0 saturated heterocycles. The molecule has 6 heteroatoms. The molecule has 0 bridgehead atoms. The highest BCUT2D eigenvalue weighted by Crippen LogP contribution is 2.33. The number of hydrogen-bond donors (Lipinski definition) is 1. The van der Waals surface area contributed by atoms with E-state index >= 15 is 0 Å². The first-order valence-corrected chi connectivity index (χ1v) is 5.30. The number of halogens is 4. The summed E-state index contributed by atoms with van der Waals surface area (Å²) in [7, 11) is 0. The molecule has 0 atom stereocenters. The van der Waals surface area contributed by atoms with Gasteiger partial charge >= 0.3 is 6.18 Å². The molecule has 1 aromatic carbocycles. The van der Waals surface area contributed by atoms with Crippen LogP contribution < -0.4 is 5.32 Å². The molecule has 0 unspecified atom stereocenters. The topological polar surface area (TPSA) is 29.1 Å². The van der Waals surface area contributed by atoms with E-state index in [2.05, 4.69) is 21.2 Å². The van der Waals surface area contributed by atoms with E-state index in [-0.39, 0.29) is 22.5 Å². The fourth-order valence-electron chi connectivity index (χ4n) is 1.07. The van der Waals surface area contributed by atoms with Crippen molar-refractivity contribution in [1.29, 1.82) is 0 Å². The molecule has 88 valence electrons. The van der Waals surface area contributed by atoms with E-state index in [0.29, 0.717) is 0 Å². The van der Waals surface area contributed by atoms with Gasteiger partial charge in [-0.05, 0) is 18.2 Å². The number of benzene rings is 1. The fourth-order valence-corrected chi connectivity index (χ4v) is 1.57. The number of rotatable bonds is 2. The molecule has 0 aliphatic carbocycles. The van der Waals surface area contributed by atoms with Crippen molar-refractivity contribution in [2.45, 2.75) is 19.5 Å². The predicted octanol–water partition coefficient (Wildman–Crippen LogP) is 3.82. The van der Waals surface area contributed by atoms with Crippen LogP contribution in [0.25, 0.3) is 0 Å². The van der Waals surface area contributed by atoms with Crippen LogP contribution in [0.15, 0.2) is 22.7 Å². The molecular weight excluding hydrogens is 287 g/mol. The fraction of sp³-hybridized carbons (Fsp3) is 0.300. The largest absolute Gasteiger partial charge is 0.416 e. The van der Waals surface area contributed by atoms with Gasteiger partial charge in [0.2, 0.25) is 5.91 Å². The Hall–Kier alpha value is -1.04. The highest BCUT2D eigenvalue weighted by Gasteiger charge is 2.31.